The summed E-state index contributed by atoms with van der Waals surface area (Å²) < 4.78 is 14.2. The van der Waals surface area contributed by atoms with Crippen LogP contribution in [0.2, 0.25) is 5.02 Å². The first-order chi connectivity index (χ1) is 13.9. The zero-order chi connectivity index (χ0) is 21.4. The van der Waals surface area contributed by atoms with Gasteiger partial charge < -0.3 is 10.2 Å². The van der Waals surface area contributed by atoms with E-state index in [2.05, 4.69) is 5.32 Å². The van der Waals surface area contributed by atoms with E-state index in [1.807, 2.05) is 51.1 Å². The third-order valence-corrected chi connectivity index (χ3v) is 5.33. The van der Waals surface area contributed by atoms with Crippen LogP contribution in [-0.2, 0) is 22.6 Å². The highest BCUT2D eigenvalue weighted by atomic mass is 35.5. The summed E-state index contributed by atoms with van der Waals surface area (Å²) in [7, 11) is 0. The highest BCUT2D eigenvalue weighted by Crippen LogP contribution is 2.22. The van der Waals surface area contributed by atoms with Crippen molar-refractivity contribution in [2.45, 2.75) is 58.7 Å². The van der Waals surface area contributed by atoms with Crippen LogP contribution >= 0.6 is 11.6 Å². The average molecular weight is 419 g/mol. The van der Waals surface area contributed by atoms with E-state index in [4.69, 9.17) is 11.6 Å². The molecule has 0 fully saturated rings. The summed E-state index contributed by atoms with van der Waals surface area (Å²) in [5.41, 5.74) is 1.05. The Morgan fingerprint density at radius 3 is 2.34 bits per heavy atom. The minimum Gasteiger partial charge on any atom is -0.352 e. The van der Waals surface area contributed by atoms with Crippen molar-refractivity contribution in [2.75, 3.05) is 0 Å². The Kier molecular flexibility index (Phi) is 8.65. The van der Waals surface area contributed by atoms with Crippen LogP contribution in [-0.4, -0.2) is 28.8 Å². The van der Waals surface area contributed by atoms with Gasteiger partial charge in [-0.2, -0.15) is 0 Å². The van der Waals surface area contributed by atoms with Gasteiger partial charge in [0, 0.05) is 23.2 Å². The monoisotopic (exact) mass is 418 g/mol. The fourth-order valence-corrected chi connectivity index (χ4v) is 3.32. The Morgan fingerprint density at radius 1 is 1.07 bits per heavy atom. The molecule has 0 unspecified atom stereocenters. The molecule has 2 aromatic carbocycles. The lowest BCUT2D eigenvalue weighted by Gasteiger charge is -2.31. The van der Waals surface area contributed by atoms with Gasteiger partial charge in [0.15, 0.2) is 0 Å². The molecule has 0 saturated heterocycles. The van der Waals surface area contributed by atoms with E-state index in [0.717, 1.165) is 12.0 Å². The van der Waals surface area contributed by atoms with E-state index in [9.17, 15) is 14.0 Å². The van der Waals surface area contributed by atoms with Crippen LogP contribution in [0.15, 0.2) is 48.5 Å². The van der Waals surface area contributed by atoms with Crippen LogP contribution in [0.4, 0.5) is 4.39 Å². The van der Waals surface area contributed by atoms with Crippen LogP contribution in [0.3, 0.4) is 0 Å². The van der Waals surface area contributed by atoms with Crippen molar-refractivity contribution in [1.82, 2.24) is 10.2 Å². The second-order valence-corrected chi connectivity index (χ2v) is 7.53. The molecule has 2 rings (SSSR count). The van der Waals surface area contributed by atoms with Gasteiger partial charge in [0.1, 0.15) is 11.9 Å². The lowest BCUT2D eigenvalue weighted by Crippen LogP contribution is -2.51. The molecule has 0 spiro atoms. The fourth-order valence-electron chi connectivity index (χ4n) is 3.09. The van der Waals surface area contributed by atoms with Crippen molar-refractivity contribution in [3.05, 3.63) is 70.5 Å². The lowest BCUT2D eigenvalue weighted by atomic mass is 10.1. The third kappa shape index (κ3) is 6.29. The van der Waals surface area contributed by atoms with Gasteiger partial charge in [-0.1, -0.05) is 61.8 Å². The minimum absolute atomic E-state index is 0.00578. The number of halogens is 2. The van der Waals surface area contributed by atoms with Gasteiger partial charge in [0.2, 0.25) is 11.8 Å². The molecule has 0 aliphatic rings. The van der Waals surface area contributed by atoms with Gasteiger partial charge in [-0.15, -0.1) is 0 Å². The van der Waals surface area contributed by atoms with Gasteiger partial charge in [0.25, 0.3) is 0 Å². The first-order valence-electron chi connectivity index (χ1n) is 9.94. The molecule has 2 aromatic rings. The van der Waals surface area contributed by atoms with E-state index in [1.54, 1.807) is 6.07 Å². The molecule has 0 aliphatic carbocycles. The van der Waals surface area contributed by atoms with Gasteiger partial charge in [0.05, 0.1) is 6.42 Å². The van der Waals surface area contributed by atoms with E-state index in [-0.39, 0.29) is 41.4 Å². The lowest BCUT2D eigenvalue weighted by molar-refractivity contribution is -0.141. The van der Waals surface area contributed by atoms with E-state index in [1.165, 1.54) is 17.0 Å². The summed E-state index contributed by atoms with van der Waals surface area (Å²) in [6, 6.07) is 13.1. The van der Waals surface area contributed by atoms with Gasteiger partial charge in [-0.3, -0.25) is 9.59 Å². The predicted octanol–water partition coefficient (Wildman–Crippen LogP) is 4.74. The maximum Gasteiger partial charge on any atom is 0.243 e. The Hall–Kier alpha value is -2.40. The summed E-state index contributed by atoms with van der Waals surface area (Å²) in [6.45, 7) is 6.03. The first-order valence-corrected chi connectivity index (χ1v) is 10.3. The summed E-state index contributed by atoms with van der Waals surface area (Å²) >= 11 is 6.11. The number of hydrogen-bond donors (Lipinski definition) is 1. The number of amides is 2. The van der Waals surface area contributed by atoms with Crippen molar-refractivity contribution in [2.24, 2.45) is 0 Å². The van der Waals surface area contributed by atoms with Crippen molar-refractivity contribution in [3.8, 4) is 0 Å². The fraction of sp³-hybridized carbons (Fsp3) is 0.391. The second-order valence-electron chi connectivity index (χ2n) is 7.13. The number of nitrogens with one attached hydrogen (secondary N) is 1. The molecule has 2 amide bonds. The van der Waals surface area contributed by atoms with Crippen molar-refractivity contribution >= 4 is 23.4 Å². The third-order valence-electron chi connectivity index (χ3n) is 4.97. The second kappa shape index (κ2) is 11.0. The summed E-state index contributed by atoms with van der Waals surface area (Å²) in [5, 5.41) is 3.16. The van der Waals surface area contributed by atoms with Crippen LogP contribution < -0.4 is 5.32 Å². The van der Waals surface area contributed by atoms with Crippen LogP contribution in [0.25, 0.3) is 0 Å². The van der Waals surface area contributed by atoms with Gasteiger partial charge in [-0.05, 0) is 37.5 Å². The number of nitrogens with zero attached hydrogens (tertiary/aromatic N) is 1. The van der Waals surface area contributed by atoms with Crippen LogP contribution in [0.5, 0.6) is 0 Å². The molecule has 0 radical (unpaired) electrons. The van der Waals surface area contributed by atoms with Crippen molar-refractivity contribution in [1.29, 1.82) is 0 Å². The van der Waals surface area contributed by atoms with E-state index < -0.39 is 11.9 Å². The zero-order valence-electron chi connectivity index (χ0n) is 17.1. The topological polar surface area (TPSA) is 49.4 Å². The molecule has 0 saturated carbocycles. The predicted molar refractivity (Wildman–Crippen MR) is 114 cm³/mol. The summed E-state index contributed by atoms with van der Waals surface area (Å²) in [6.07, 6.45) is 1.04. The molecule has 4 nitrogen and oxygen atoms in total. The maximum absolute atomic E-state index is 14.2. The number of benzene rings is 2. The average Bonchev–Trinajstić information content (AvgIpc) is 2.71. The molecular formula is C23H28ClFN2O2. The Labute approximate surface area is 177 Å². The SMILES string of the molecule is CC[C@@H](C)NC(=O)[C@@H](CC)N(Cc1ccccc1)C(=O)Cc1c(F)cccc1Cl. The quantitative estimate of drug-likeness (QED) is 0.639. The molecule has 2 atom stereocenters. The molecule has 0 heterocycles. The van der Waals surface area contributed by atoms with Crippen LogP contribution in [0, 0.1) is 5.82 Å². The van der Waals surface area contributed by atoms with Gasteiger partial charge >= 0.3 is 0 Å². The normalized spacial score (nSPS) is 12.9. The van der Waals surface area contributed by atoms with Crippen molar-refractivity contribution < 1.29 is 14.0 Å². The first kappa shape index (κ1) is 22.9. The van der Waals surface area contributed by atoms with E-state index in [0.29, 0.717) is 6.42 Å². The number of hydrogen-bond acceptors (Lipinski definition) is 2. The summed E-state index contributed by atoms with van der Waals surface area (Å²) in [4.78, 5) is 27.6. The summed E-state index contributed by atoms with van der Waals surface area (Å²) in [5.74, 6) is -1.07. The smallest absolute Gasteiger partial charge is 0.243 e. The van der Waals surface area contributed by atoms with Crippen molar-refractivity contribution in [3.63, 3.8) is 0 Å². The Morgan fingerprint density at radius 2 is 1.76 bits per heavy atom. The zero-order valence-corrected chi connectivity index (χ0v) is 17.9. The number of rotatable bonds is 9. The number of carbonyl (C=O) groups excluding carboxylic acids is 2. The van der Waals surface area contributed by atoms with Crippen LogP contribution in [0.1, 0.15) is 44.7 Å². The standard InChI is InChI=1S/C23H28ClFN2O2/c1-4-16(3)26-23(29)21(5-2)27(15-17-10-7-6-8-11-17)22(28)14-18-19(24)12-9-13-20(18)25/h6-13,16,21H,4-5,14-15H2,1-3H3,(H,26,29)/t16-,21-/m1/s1. The minimum atomic E-state index is -0.651. The van der Waals surface area contributed by atoms with Gasteiger partial charge in [-0.25, -0.2) is 4.39 Å². The molecule has 156 valence electrons. The highest BCUT2D eigenvalue weighted by Gasteiger charge is 2.30. The maximum atomic E-state index is 14.2. The molecule has 29 heavy (non-hydrogen) atoms. The largest absolute Gasteiger partial charge is 0.352 e. The number of carbonyl (C=O) groups is 2. The van der Waals surface area contributed by atoms with E-state index >= 15 is 0 Å². The molecule has 0 aromatic heterocycles. The highest BCUT2D eigenvalue weighted by molar-refractivity contribution is 6.31. The molecular weight excluding hydrogens is 391 g/mol. The Balaban J connectivity index is 2.32. The molecule has 1 N–H and O–H groups in total. The molecule has 0 bridgehead atoms. The molecule has 0 aliphatic heterocycles. The molecule has 6 heteroatoms. The Bertz CT molecular complexity index is 809.